The van der Waals surface area contributed by atoms with E-state index in [9.17, 15) is 26.4 Å². The summed E-state index contributed by atoms with van der Waals surface area (Å²) >= 11 is 0. The van der Waals surface area contributed by atoms with Crippen molar-refractivity contribution in [3.05, 3.63) is 41.2 Å². The summed E-state index contributed by atoms with van der Waals surface area (Å²) in [6, 6.07) is 3.40. The average molecular weight is 459 g/mol. The Bertz CT molecular complexity index is 1110. The molecule has 0 saturated heterocycles. The monoisotopic (exact) mass is 459 g/mol. The van der Waals surface area contributed by atoms with Crippen LogP contribution in [0.2, 0.25) is 0 Å². The predicted molar refractivity (Wildman–Crippen MR) is 103 cm³/mol. The van der Waals surface area contributed by atoms with E-state index in [0.29, 0.717) is 17.7 Å². The molecule has 0 aliphatic carbocycles. The van der Waals surface area contributed by atoms with Gasteiger partial charge in [-0.2, -0.15) is 18.2 Å². The van der Waals surface area contributed by atoms with Gasteiger partial charge in [-0.15, -0.1) is 0 Å². The first-order valence-corrected chi connectivity index (χ1v) is 11.0. The lowest BCUT2D eigenvalue weighted by Gasteiger charge is -2.29. The lowest BCUT2D eigenvalue weighted by Crippen LogP contribution is -2.37. The molecule has 8 nitrogen and oxygen atoms in total. The van der Waals surface area contributed by atoms with Crippen molar-refractivity contribution in [2.24, 2.45) is 0 Å². The summed E-state index contributed by atoms with van der Waals surface area (Å²) in [5, 5.41) is 0. The summed E-state index contributed by atoms with van der Waals surface area (Å²) in [4.78, 5) is 22.6. The van der Waals surface area contributed by atoms with E-state index >= 15 is 0 Å². The summed E-state index contributed by atoms with van der Waals surface area (Å²) < 4.78 is 72.7. The van der Waals surface area contributed by atoms with Crippen LogP contribution in [0.3, 0.4) is 0 Å². The first-order chi connectivity index (χ1) is 14.4. The Kier molecular flexibility index (Phi) is 6.12. The zero-order valence-corrected chi connectivity index (χ0v) is 17.7. The molecule has 1 atom stereocenters. The third-order valence-corrected chi connectivity index (χ3v) is 5.87. The number of amides is 1. The van der Waals surface area contributed by atoms with Gasteiger partial charge in [0.25, 0.3) is 5.91 Å². The second-order valence-electron chi connectivity index (χ2n) is 7.04. The van der Waals surface area contributed by atoms with E-state index in [0.717, 1.165) is 31.4 Å². The van der Waals surface area contributed by atoms with Crippen LogP contribution in [0.5, 0.6) is 11.8 Å². The fourth-order valence-corrected chi connectivity index (χ4v) is 3.65. The van der Waals surface area contributed by atoms with Gasteiger partial charge in [-0.25, -0.2) is 13.4 Å². The number of methoxy groups -OCH3 is 1. The van der Waals surface area contributed by atoms with Crippen molar-refractivity contribution in [1.29, 1.82) is 0 Å². The average Bonchev–Trinajstić information content (AvgIpc) is 2.71. The van der Waals surface area contributed by atoms with Crippen LogP contribution in [-0.2, 0) is 22.8 Å². The predicted octanol–water partition coefficient (Wildman–Crippen LogP) is 2.42. The standard InChI is InChI=1S/C19H20F3N3O5S/c1-11(19(20,21)22)30-16-5-4-13(31(3,27)28)8-14(16)17(26)25-7-6-15-12(10-25)9-23-18(24-15)29-2/h4-5,8-9,11H,6-7,10H2,1-3H3/t11-/m0/s1. The first-order valence-electron chi connectivity index (χ1n) is 9.15. The number of benzene rings is 1. The van der Waals surface area contributed by atoms with Crippen LogP contribution in [0, 0.1) is 0 Å². The molecule has 1 aromatic carbocycles. The van der Waals surface area contributed by atoms with Crippen LogP contribution in [0.15, 0.2) is 29.3 Å². The van der Waals surface area contributed by atoms with Crippen molar-refractivity contribution in [2.75, 3.05) is 19.9 Å². The number of hydrogen-bond donors (Lipinski definition) is 0. The molecule has 0 unspecified atom stereocenters. The number of halogens is 3. The van der Waals surface area contributed by atoms with Crippen LogP contribution in [0.25, 0.3) is 0 Å². The number of nitrogens with zero attached hydrogens (tertiary/aromatic N) is 3. The summed E-state index contributed by atoms with van der Waals surface area (Å²) in [5.41, 5.74) is 1.09. The van der Waals surface area contributed by atoms with Gasteiger partial charge >= 0.3 is 12.2 Å². The van der Waals surface area contributed by atoms with Crippen LogP contribution in [0.4, 0.5) is 13.2 Å². The summed E-state index contributed by atoms with van der Waals surface area (Å²) in [6.07, 6.45) is -4.02. The molecule has 1 aliphatic rings. The van der Waals surface area contributed by atoms with Crippen molar-refractivity contribution in [2.45, 2.75) is 37.1 Å². The van der Waals surface area contributed by atoms with E-state index in [1.54, 1.807) is 0 Å². The Balaban J connectivity index is 1.96. The van der Waals surface area contributed by atoms with Gasteiger partial charge in [-0.05, 0) is 25.1 Å². The second kappa shape index (κ2) is 8.33. The Morgan fingerprint density at radius 3 is 2.61 bits per heavy atom. The number of carbonyl (C=O) groups excluding carboxylic acids is 1. The molecule has 0 spiro atoms. The minimum atomic E-state index is -4.66. The third kappa shape index (κ3) is 5.06. The van der Waals surface area contributed by atoms with Crippen LogP contribution >= 0.6 is 0 Å². The van der Waals surface area contributed by atoms with Crippen molar-refractivity contribution in [3.63, 3.8) is 0 Å². The number of sulfone groups is 1. The van der Waals surface area contributed by atoms with E-state index in [4.69, 9.17) is 9.47 Å². The molecule has 0 N–H and O–H groups in total. The molecule has 1 aromatic heterocycles. The number of carbonyl (C=O) groups is 1. The normalized spacial score (nSPS) is 15.2. The molecular formula is C19H20F3N3O5S. The van der Waals surface area contributed by atoms with Gasteiger partial charge in [0.15, 0.2) is 15.9 Å². The molecule has 0 saturated carbocycles. The number of rotatable bonds is 5. The summed E-state index contributed by atoms with van der Waals surface area (Å²) in [7, 11) is -2.27. The van der Waals surface area contributed by atoms with Gasteiger partial charge in [0.1, 0.15) is 5.75 Å². The van der Waals surface area contributed by atoms with Gasteiger partial charge in [-0.1, -0.05) is 0 Å². The molecule has 0 fully saturated rings. The second-order valence-corrected chi connectivity index (χ2v) is 9.05. The van der Waals surface area contributed by atoms with Crippen molar-refractivity contribution >= 4 is 15.7 Å². The molecule has 168 valence electrons. The maximum atomic E-state index is 13.2. The maximum absolute atomic E-state index is 13.2. The molecule has 3 rings (SSSR count). The first kappa shape index (κ1) is 22.8. The lowest BCUT2D eigenvalue weighted by atomic mass is 10.1. The highest BCUT2D eigenvalue weighted by molar-refractivity contribution is 7.90. The molecule has 2 heterocycles. The van der Waals surface area contributed by atoms with E-state index in [-0.39, 0.29) is 35.3 Å². The minimum absolute atomic E-state index is 0.107. The van der Waals surface area contributed by atoms with Gasteiger partial charge in [-0.3, -0.25) is 4.79 Å². The lowest BCUT2D eigenvalue weighted by molar-refractivity contribution is -0.189. The van der Waals surface area contributed by atoms with Crippen molar-refractivity contribution < 1.29 is 35.9 Å². The van der Waals surface area contributed by atoms with Crippen molar-refractivity contribution in [1.82, 2.24) is 14.9 Å². The molecule has 1 amide bonds. The molecule has 0 radical (unpaired) electrons. The zero-order valence-electron chi connectivity index (χ0n) is 16.9. The summed E-state index contributed by atoms with van der Waals surface area (Å²) in [6.45, 7) is 1.14. The topological polar surface area (TPSA) is 98.7 Å². The Hall–Kier alpha value is -2.89. The van der Waals surface area contributed by atoms with E-state index in [2.05, 4.69) is 9.97 Å². The molecular weight excluding hydrogens is 439 g/mol. The number of aromatic nitrogens is 2. The Morgan fingerprint density at radius 2 is 2.00 bits per heavy atom. The Labute approximate surface area is 176 Å². The van der Waals surface area contributed by atoms with E-state index in [1.807, 2.05) is 0 Å². The summed E-state index contributed by atoms with van der Waals surface area (Å²) in [5.74, 6) is -1.00. The highest BCUT2D eigenvalue weighted by Crippen LogP contribution is 2.31. The maximum Gasteiger partial charge on any atom is 0.425 e. The highest BCUT2D eigenvalue weighted by atomic mass is 32.2. The fraction of sp³-hybridized carbons (Fsp3) is 0.421. The van der Waals surface area contributed by atoms with E-state index < -0.39 is 28.0 Å². The van der Waals surface area contributed by atoms with Gasteiger partial charge in [0, 0.05) is 37.5 Å². The third-order valence-electron chi connectivity index (χ3n) is 4.76. The molecule has 31 heavy (non-hydrogen) atoms. The molecule has 0 bridgehead atoms. The largest absolute Gasteiger partial charge is 0.480 e. The molecule has 1 aliphatic heterocycles. The minimum Gasteiger partial charge on any atom is -0.480 e. The van der Waals surface area contributed by atoms with Crippen molar-refractivity contribution in [3.8, 4) is 11.8 Å². The SMILES string of the molecule is COc1ncc2c(n1)CCN(C(=O)c1cc(S(C)(=O)=O)ccc1O[C@@H](C)C(F)(F)F)C2. The smallest absolute Gasteiger partial charge is 0.425 e. The van der Waals surface area contributed by atoms with Gasteiger partial charge in [0.2, 0.25) is 0 Å². The zero-order chi connectivity index (χ0) is 23.0. The number of alkyl halides is 3. The number of fused-ring (bicyclic) bond motifs is 1. The van der Waals surface area contributed by atoms with Crippen LogP contribution in [-0.4, -0.2) is 61.4 Å². The fourth-order valence-electron chi connectivity index (χ4n) is 3.01. The number of hydrogen-bond acceptors (Lipinski definition) is 7. The molecule has 2 aromatic rings. The van der Waals surface area contributed by atoms with E-state index in [1.165, 1.54) is 18.2 Å². The Morgan fingerprint density at radius 1 is 1.29 bits per heavy atom. The number of ether oxygens (including phenoxy) is 2. The highest BCUT2D eigenvalue weighted by Gasteiger charge is 2.39. The molecule has 12 heteroatoms. The quantitative estimate of drug-likeness (QED) is 0.677. The van der Waals surface area contributed by atoms with Gasteiger partial charge < -0.3 is 14.4 Å². The van der Waals surface area contributed by atoms with Gasteiger partial charge in [0.05, 0.1) is 23.3 Å². The van der Waals surface area contributed by atoms with Crippen LogP contribution in [0.1, 0.15) is 28.5 Å². The van der Waals surface area contributed by atoms with Crippen LogP contribution < -0.4 is 9.47 Å².